The van der Waals surface area contributed by atoms with Gasteiger partial charge in [-0.1, -0.05) is 23.8 Å². The Balaban J connectivity index is 1.58. The van der Waals surface area contributed by atoms with E-state index in [1.807, 2.05) is 6.92 Å². The molecule has 0 spiro atoms. The third-order valence-electron chi connectivity index (χ3n) is 5.60. The molecule has 0 unspecified atom stereocenters. The van der Waals surface area contributed by atoms with Crippen LogP contribution in [-0.2, 0) is 24.8 Å². The standard InChI is InChI=1S/C21H24F3N3O/c1-12-3-8-16(13-4-5-13)14(9-12)11-27(15-6-7-15)18(28)10-17-19(20(22)23)25-26(2)21(17)24/h3,8-9,13,15,20H,4-7,10-11H2,1-2H3. The van der Waals surface area contributed by atoms with Gasteiger partial charge >= 0.3 is 0 Å². The summed E-state index contributed by atoms with van der Waals surface area (Å²) in [5.74, 6) is -0.638. The van der Waals surface area contributed by atoms with Crippen LogP contribution in [0.25, 0.3) is 0 Å². The molecular formula is C21H24F3N3O. The summed E-state index contributed by atoms with van der Waals surface area (Å²) >= 11 is 0. The Morgan fingerprint density at radius 2 is 2.00 bits per heavy atom. The zero-order valence-electron chi connectivity index (χ0n) is 16.1. The molecule has 2 saturated carbocycles. The van der Waals surface area contributed by atoms with E-state index in [4.69, 9.17) is 0 Å². The number of alkyl halides is 2. The molecule has 2 aliphatic rings. The lowest BCUT2D eigenvalue weighted by atomic mass is 10.00. The highest BCUT2D eigenvalue weighted by atomic mass is 19.3. The number of carbonyl (C=O) groups is 1. The maximum atomic E-state index is 14.3. The number of hydrogen-bond acceptors (Lipinski definition) is 2. The zero-order chi connectivity index (χ0) is 20.0. The van der Waals surface area contributed by atoms with Gasteiger partial charge in [-0.2, -0.15) is 9.49 Å². The van der Waals surface area contributed by atoms with E-state index in [2.05, 4.69) is 23.3 Å². The molecular weight excluding hydrogens is 367 g/mol. The summed E-state index contributed by atoms with van der Waals surface area (Å²) in [6.07, 6.45) is 0.811. The van der Waals surface area contributed by atoms with Crippen LogP contribution in [0.2, 0.25) is 0 Å². The molecule has 2 aliphatic carbocycles. The van der Waals surface area contributed by atoms with Crippen molar-refractivity contribution in [2.24, 2.45) is 7.05 Å². The molecule has 0 bridgehead atoms. The van der Waals surface area contributed by atoms with E-state index in [0.717, 1.165) is 41.5 Å². The van der Waals surface area contributed by atoms with Crippen molar-refractivity contribution in [1.82, 2.24) is 14.7 Å². The Morgan fingerprint density at radius 3 is 2.61 bits per heavy atom. The molecule has 2 aromatic rings. The summed E-state index contributed by atoms with van der Waals surface area (Å²) in [6.45, 7) is 2.46. The molecule has 1 amide bonds. The lowest BCUT2D eigenvalue weighted by molar-refractivity contribution is -0.131. The van der Waals surface area contributed by atoms with Crippen LogP contribution in [0.4, 0.5) is 13.2 Å². The average Bonchev–Trinajstić information content (AvgIpc) is 3.54. The van der Waals surface area contributed by atoms with Crippen molar-refractivity contribution in [3.63, 3.8) is 0 Å². The third kappa shape index (κ3) is 3.80. The Kier molecular flexibility index (Phi) is 4.93. The van der Waals surface area contributed by atoms with Crippen molar-refractivity contribution in [1.29, 1.82) is 0 Å². The maximum Gasteiger partial charge on any atom is 0.282 e. The Morgan fingerprint density at radius 1 is 1.29 bits per heavy atom. The summed E-state index contributed by atoms with van der Waals surface area (Å²) in [5, 5.41) is 3.54. The first kappa shape index (κ1) is 19.0. The predicted molar refractivity (Wildman–Crippen MR) is 98.6 cm³/mol. The highest BCUT2D eigenvalue weighted by Gasteiger charge is 2.36. The van der Waals surface area contributed by atoms with Gasteiger partial charge in [-0.3, -0.25) is 4.79 Å². The summed E-state index contributed by atoms with van der Waals surface area (Å²) in [4.78, 5) is 14.7. The molecule has 1 aromatic carbocycles. The number of amides is 1. The van der Waals surface area contributed by atoms with E-state index < -0.39 is 18.1 Å². The Bertz CT molecular complexity index is 901. The minimum absolute atomic E-state index is 0.106. The van der Waals surface area contributed by atoms with Crippen LogP contribution in [0.1, 0.15) is 66.0 Å². The van der Waals surface area contributed by atoms with E-state index in [1.54, 1.807) is 4.90 Å². The van der Waals surface area contributed by atoms with E-state index in [1.165, 1.54) is 12.6 Å². The van der Waals surface area contributed by atoms with Gasteiger partial charge in [0, 0.05) is 25.2 Å². The predicted octanol–water partition coefficient (Wildman–Crippen LogP) is 4.42. The summed E-state index contributed by atoms with van der Waals surface area (Å²) in [5.41, 5.74) is 2.58. The van der Waals surface area contributed by atoms with Crippen LogP contribution in [0.5, 0.6) is 0 Å². The van der Waals surface area contributed by atoms with Gasteiger partial charge in [0.1, 0.15) is 5.69 Å². The number of halogens is 3. The van der Waals surface area contributed by atoms with Gasteiger partial charge in [-0.15, -0.1) is 0 Å². The van der Waals surface area contributed by atoms with Crippen molar-refractivity contribution < 1.29 is 18.0 Å². The molecule has 0 aliphatic heterocycles. The summed E-state index contributed by atoms with van der Waals surface area (Å²) in [7, 11) is 1.27. The highest BCUT2D eigenvalue weighted by Crippen LogP contribution is 2.42. The van der Waals surface area contributed by atoms with E-state index in [-0.39, 0.29) is 23.9 Å². The second kappa shape index (κ2) is 7.26. The van der Waals surface area contributed by atoms with Crippen molar-refractivity contribution in [2.45, 2.75) is 64.0 Å². The number of aryl methyl sites for hydroxylation is 2. The third-order valence-corrected chi connectivity index (χ3v) is 5.60. The molecule has 0 atom stereocenters. The fourth-order valence-corrected chi connectivity index (χ4v) is 3.81. The first-order valence-electron chi connectivity index (χ1n) is 9.73. The molecule has 1 aromatic heterocycles. The van der Waals surface area contributed by atoms with Gasteiger partial charge in [-0.05, 0) is 49.7 Å². The first-order valence-corrected chi connectivity index (χ1v) is 9.73. The number of benzene rings is 1. The van der Waals surface area contributed by atoms with E-state index >= 15 is 0 Å². The van der Waals surface area contributed by atoms with Crippen molar-refractivity contribution in [3.8, 4) is 0 Å². The minimum atomic E-state index is -2.91. The van der Waals surface area contributed by atoms with E-state index in [0.29, 0.717) is 12.5 Å². The SMILES string of the molecule is Cc1ccc(C2CC2)c(CN(C(=O)Cc2c(C(F)F)nn(C)c2F)C2CC2)c1. The van der Waals surface area contributed by atoms with Gasteiger partial charge in [0.05, 0.1) is 6.42 Å². The average molecular weight is 391 g/mol. The second-order valence-electron chi connectivity index (χ2n) is 7.99. The second-order valence-corrected chi connectivity index (χ2v) is 7.99. The minimum Gasteiger partial charge on any atom is -0.335 e. The molecule has 7 heteroatoms. The van der Waals surface area contributed by atoms with Crippen molar-refractivity contribution in [3.05, 3.63) is 52.1 Å². The Hall–Kier alpha value is -2.31. The largest absolute Gasteiger partial charge is 0.335 e. The monoisotopic (exact) mass is 391 g/mol. The van der Waals surface area contributed by atoms with Crippen LogP contribution in [-0.4, -0.2) is 26.6 Å². The summed E-state index contributed by atoms with van der Waals surface area (Å²) < 4.78 is 41.5. The summed E-state index contributed by atoms with van der Waals surface area (Å²) in [6, 6.07) is 6.43. The fourth-order valence-electron chi connectivity index (χ4n) is 3.81. The number of rotatable bonds is 7. The van der Waals surface area contributed by atoms with Crippen LogP contribution in [0, 0.1) is 12.9 Å². The van der Waals surface area contributed by atoms with Gasteiger partial charge < -0.3 is 4.90 Å². The van der Waals surface area contributed by atoms with Gasteiger partial charge in [0.25, 0.3) is 6.43 Å². The molecule has 0 N–H and O–H groups in total. The van der Waals surface area contributed by atoms with E-state index in [9.17, 15) is 18.0 Å². The fraction of sp³-hybridized carbons (Fsp3) is 0.524. The van der Waals surface area contributed by atoms with Crippen LogP contribution in [0.3, 0.4) is 0 Å². The normalized spacial score (nSPS) is 16.6. The van der Waals surface area contributed by atoms with Crippen molar-refractivity contribution >= 4 is 5.91 Å². The number of nitrogens with zero attached hydrogens (tertiary/aromatic N) is 3. The number of hydrogen-bond donors (Lipinski definition) is 0. The van der Waals surface area contributed by atoms with Crippen LogP contribution >= 0.6 is 0 Å². The Labute approximate surface area is 162 Å². The quantitative estimate of drug-likeness (QED) is 0.701. The molecule has 28 heavy (non-hydrogen) atoms. The molecule has 2 fully saturated rings. The molecule has 4 rings (SSSR count). The van der Waals surface area contributed by atoms with Crippen LogP contribution in [0.15, 0.2) is 18.2 Å². The van der Waals surface area contributed by atoms with Gasteiger partial charge in [0.15, 0.2) is 0 Å². The molecule has 0 radical (unpaired) electrons. The van der Waals surface area contributed by atoms with Gasteiger partial charge in [-0.25, -0.2) is 13.5 Å². The molecule has 4 nitrogen and oxygen atoms in total. The zero-order valence-corrected chi connectivity index (χ0v) is 16.1. The maximum absolute atomic E-state index is 14.3. The topological polar surface area (TPSA) is 38.1 Å². The number of carbonyl (C=O) groups excluding carboxylic acids is 1. The molecule has 1 heterocycles. The molecule has 150 valence electrons. The first-order chi connectivity index (χ1) is 13.3. The molecule has 0 saturated heterocycles. The van der Waals surface area contributed by atoms with Crippen LogP contribution < -0.4 is 0 Å². The highest BCUT2D eigenvalue weighted by molar-refractivity contribution is 5.79. The van der Waals surface area contributed by atoms with Gasteiger partial charge in [0.2, 0.25) is 11.9 Å². The smallest absolute Gasteiger partial charge is 0.282 e. The van der Waals surface area contributed by atoms with Crippen molar-refractivity contribution in [2.75, 3.05) is 0 Å². The lowest BCUT2D eigenvalue weighted by Crippen LogP contribution is -2.34. The number of aromatic nitrogens is 2. The lowest BCUT2D eigenvalue weighted by Gasteiger charge is -2.24.